The van der Waals surface area contributed by atoms with Crippen LogP contribution in [0.3, 0.4) is 0 Å². The number of aliphatic hydroxyl groups is 1. The Bertz CT molecular complexity index is 1340. The number of carbonyl (C=O) groups excluding carboxylic acids is 2. The quantitative estimate of drug-likeness (QED) is 0.309. The number of Topliss-reactive ketones (excluding diaryl/α,β-unsaturated/α-hetero) is 1. The monoisotopic (exact) mass is 459 g/mol. The van der Waals surface area contributed by atoms with Crippen molar-refractivity contribution in [1.29, 1.82) is 0 Å². The third-order valence-corrected chi connectivity index (χ3v) is 6.28. The first-order chi connectivity index (χ1) is 16.1. The average molecular weight is 460 g/mol. The zero-order chi connectivity index (χ0) is 24.7. The van der Waals surface area contributed by atoms with Crippen molar-refractivity contribution in [2.45, 2.75) is 33.7 Å². The highest BCUT2D eigenvalue weighted by Crippen LogP contribution is 2.44. The summed E-state index contributed by atoms with van der Waals surface area (Å²) in [5.74, 6) is -1.93. The molecule has 3 aromatic rings. The summed E-state index contributed by atoms with van der Waals surface area (Å²) in [7, 11) is 1.49. The van der Waals surface area contributed by atoms with Gasteiger partial charge in [-0.25, -0.2) is 4.39 Å². The van der Waals surface area contributed by atoms with Gasteiger partial charge in [-0.15, -0.1) is 0 Å². The van der Waals surface area contributed by atoms with Gasteiger partial charge in [-0.05, 0) is 85.8 Å². The number of anilines is 1. The van der Waals surface area contributed by atoms with E-state index in [1.165, 1.54) is 36.3 Å². The number of methoxy groups -OCH3 is 1. The lowest BCUT2D eigenvalue weighted by Crippen LogP contribution is -2.29. The van der Waals surface area contributed by atoms with E-state index in [0.29, 0.717) is 22.6 Å². The Hall–Kier alpha value is -3.93. The summed E-state index contributed by atoms with van der Waals surface area (Å²) in [4.78, 5) is 28.0. The maximum Gasteiger partial charge on any atom is 0.300 e. The van der Waals surface area contributed by atoms with Gasteiger partial charge in [-0.3, -0.25) is 14.5 Å². The Kier molecular flexibility index (Phi) is 6.00. The molecule has 1 unspecified atom stereocenters. The molecule has 1 fully saturated rings. The Balaban J connectivity index is 2.01. The fourth-order valence-electron chi connectivity index (χ4n) is 4.48. The van der Waals surface area contributed by atoms with Crippen molar-refractivity contribution in [3.8, 4) is 5.75 Å². The Labute approximate surface area is 198 Å². The summed E-state index contributed by atoms with van der Waals surface area (Å²) in [5, 5.41) is 11.4. The second-order valence-electron chi connectivity index (χ2n) is 8.65. The summed E-state index contributed by atoms with van der Waals surface area (Å²) in [6, 6.07) is 13.7. The van der Waals surface area contributed by atoms with Gasteiger partial charge >= 0.3 is 0 Å². The molecule has 34 heavy (non-hydrogen) atoms. The molecule has 6 heteroatoms. The summed E-state index contributed by atoms with van der Waals surface area (Å²) < 4.78 is 19.2. The Morgan fingerprint density at radius 2 is 1.59 bits per heavy atom. The maximum atomic E-state index is 13.7. The van der Waals surface area contributed by atoms with E-state index in [0.717, 1.165) is 22.3 Å². The van der Waals surface area contributed by atoms with Gasteiger partial charge in [0, 0.05) is 5.69 Å². The normalized spacial score (nSPS) is 17.4. The van der Waals surface area contributed by atoms with Gasteiger partial charge in [0.15, 0.2) is 0 Å². The maximum absolute atomic E-state index is 13.7. The molecule has 174 valence electrons. The largest absolute Gasteiger partial charge is 0.507 e. The van der Waals surface area contributed by atoms with Crippen LogP contribution < -0.4 is 9.64 Å². The first-order valence-corrected chi connectivity index (χ1v) is 10.9. The van der Waals surface area contributed by atoms with Gasteiger partial charge in [-0.1, -0.05) is 24.3 Å². The van der Waals surface area contributed by atoms with Crippen molar-refractivity contribution in [2.75, 3.05) is 12.0 Å². The number of hydrogen-bond acceptors (Lipinski definition) is 4. The predicted octanol–water partition coefficient (Wildman–Crippen LogP) is 5.69. The van der Waals surface area contributed by atoms with E-state index in [4.69, 9.17) is 4.74 Å². The molecule has 1 atom stereocenters. The minimum atomic E-state index is -0.937. The fraction of sp³-hybridized carbons (Fsp3) is 0.214. The number of halogens is 1. The van der Waals surface area contributed by atoms with E-state index in [1.54, 1.807) is 12.1 Å². The van der Waals surface area contributed by atoms with Gasteiger partial charge in [-0.2, -0.15) is 0 Å². The molecular weight excluding hydrogens is 433 g/mol. The van der Waals surface area contributed by atoms with Crippen LogP contribution in [0.2, 0.25) is 0 Å². The number of hydrogen-bond donors (Lipinski definition) is 1. The average Bonchev–Trinajstić information content (AvgIpc) is 3.06. The Morgan fingerprint density at radius 3 is 2.21 bits per heavy atom. The SMILES string of the molecule is COc1c(C)cc(C)cc1/C(O)=C1\C(=O)C(=O)N(c2ccc(C)c(C)c2)C1c1ccc(F)cc1. The van der Waals surface area contributed by atoms with E-state index >= 15 is 0 Å². The first kappa shape index (κ1) is 23.2. The molecule has 1 heterocycles. The smallest absolute Gasteiger partial charge is 0.300 e. The number of amides is 1. The molecule has 0 radical (unpaired) electrons. The van der Waals surface area contributed by atoms with Crippen molar-refractivity contribution in [3.63, 3.8) is 0 Å². The Morgan fingerprint density at radius 1 is 0.912 bits per heavy atom. The third kappa shape index (κ3) is 3.85. The van der Waals surface area contributed by atoms with Crippen LogP contribution in [0.5, 0.6) is 5.75 Å². The number of ketones is 1. The van der Waals surface area contributed by atoms with Gasteiger partial charge < -0.3 is 9.84 Å². The molecule has 1 saturated heterocycles. The predicted molar refractivity (Wildman–Crippen MR) is 130 cm³/mol. The molecule has 1 amide bonds. The molecule has 0 aromatic heterocycles. The molecule has 3 aromatic carbocycles. The van der Waals surface area contributed by atoms with Gasteiger partial charge in [0.2, 0.25) is 0 Å². The number of carbonyl (C=O) groups is 2. The molecule has 5 nitrogen and oxygen atoms in total. The second-order valence-corrected chi connectivity index (χ2v) is 8.65. The molecule has 0 spiro atoms. The van der Waals surface area contributed by atoms with Crippen LogP contribution in [-0.4, -0.2) is 23.9 Å². The number of aryl methyl sites for hydroxylation is 4. The van der Waals surface area contributed by atoms with Crippen molar-refractivity contribution in [3.05, 3.63) is 99.4 Å². The van der Waals surface area contributed by atoms with Crippen LogP contribution in [0.25, 0.3) is 5.76 Å². The molecular formula is C28H26FNO4. The highest BCUT2D eigenvalue weighted by molar-refractivity contribution is 6.51. The number of aliphatic hydroxyl groups excluding tert-OH is 1. The molecule has 0 aliphatic carbocycles. The third-order valence-electron chi connectivity index (χ3n) is 6.28. The van der Waals surface area contributed by atoms with E-state index in [1.807, 2.05) is 45.9 Å². The standard InChI is InChI=1S/C28H26FNO4/c1-15-12-18(4)27(34-5)22(13-15)25(31)23-24(19-7-9-20(29)10-8-19)30(28(33)26(23)32)21-11-6-16(2)17(3)14-21/h6-14,24,31H,1-5H3/b25-23+. The molecule has 0 saturated carbocycles. The van der Waals surface area contributed by atoms with Crippen LogP contribution >= 0.6 is 0 Å². The van der Waals surface area contributed by atoms with Crippen LogP contribution in [0.15, 0.2) is 60.2 Å². The van der Waals surface area contributed by atoms with Crippen LogP contribution in [0.4, 0.5) is 10.1 Å². The van der Waals surface area contributed by atoms with E-state index < -0.39 is 23.5 Å². The second kappa shape index (κ2) is 8.78. The van der Waals surface area contributed by atoms with Crippen LogP contribution in [-0.2, 0) is 9.59 Å². The minimum absolute atomic E-state index is 0.0712. The lowest BCUT2D eigenvalue weighted by Gasteiger charge is -2.26. The lowest BCUT2D eigenvalue weighted by atomic mass is 9.93. The van der Waals surface area contributed by atoms with E-state index in [2.05, 4.69) is 0 Å². The molecule has 1 aliphatic heterocycles. The lowest BCUT2D eigenvalue weighted by molar-refractivity contribution is -0.132. The fourth-order valence-corrected chi connectivity index (χ4v) is 4.48. The topological polar surface area (TPSA) is 66.8 Å². The molecule has 0 bridgehead atoms. The first-order valence-electron chi connectivity index (χ1n) is 10.9. The number of rotatable bonds is 4. The minimum Gasteiger partial charge on any atom is -0.507 e. The van der Waals surface area contributed by atoms with Gasteiger partial charge in [0.1, 0.15) is 17.3 Å². The van der Waals surface area contributed by atoms with Crippen molar-refractivity contribution >= 4 is 23.1 Å². The summed E-state index contributed by atoms with van der Waals surface area (Å²) in [6.07, 6.45) is 0. The number of ether oxygens (including phenoxy) is 1. The van der Waals surface area contributed by atoms with Gasteiger partial charge in [0.25, 0.3) is 11.7 Å². The van der Waals surface area contributed by atoms with Crippen molar-refractivity contribution < 1.29 is 23.8 Å². The van der Waals surface area contributed by atoms with Crippen LogP contribution in [0, 0.1) is 33.5 Å². The summed E-state index contributed by atoms with van der Waals surface area (Å²) in [6.45, 7) is 7.59. The van der Waals surface area contributed by atoms with Crippen molar-refractivity contribution in [2.24, 2.45) is 0 Å². The number of benzene rings is 3. The summed E-state index contributed by atoms with van der Waals surface area (Å²) in [5.41, 5.74) is 4.91. The van der Waals surface area contributed by atoms with E-state index in [9.17, 15) is 19.1 Å². The zero-order valence-electron chi connectivity index (χ0n) is 19.8. The summed E-state index contributed by atoms with van der Waals surface area (Å²) >= 11 is 0. The number of nitrogens with zero attached hydrogens (tertiary/aromatic N) is 1. The highest BCUT2D eigenvalue weighted by Gasteiger charge is 2.47. The van der Waals surface area contributed by atoms with Crippen molar-refractivity contribution in [1.82, 2.24) is 0 Å². The molecule has 1 aliphatic rings. The van der Waals surface area contributed by atoms with Crippen LogP contribution in [0.1, 0.15) is 39.4 Å². The van der Waals surface area contributed by atoms with E-state index in [-0.39, 0.29) is 11.3 Å². The zero-order valence-corrected chi connectivity index (χ0v) is 19.8. The molecule has 1 N–H and O–H groups in total. The van der Waals surface area contributed by atoms with Gasteiger partial charge in [0.05, 0.1) is 24.3 Å². The molecule has 4 rings (SSSR count). The highest BCUT2D eigenvalue weighted by atomic mass is 19.1.